The molecule has 0 aliphatic rings. The predicted octanol–water partition coefficient (Wildman–Crippen LogP) is 2.87. The van der Waals surface area contributed by atoms with Crippen molar-refractivity contribution in [2.24, 2.45) is 0 Å². The van der Waals surface area contributed by atoms with Crippen molar-refractivity contribution in [3.63, 3.8) is 0 Å². The van der Waals surface area contributed by atoms with E-state index in [9.17, 15) is 0 Å². The normalized spacial score (nSPS) is 10.8. The monoisotopic (exact) mass is 268 g/mol. The lowest BCUT2D eigenvalue weighted by molar-refractivity contribution is 1.34. The maximum atomic E-state index is 5.96. The summed E-state index contributed by atoms with van der Waals surface area (Å²) in [5, 5.41) is 3.26. The first-order chi connectivity index (χ1) is 9.56. The Morgan fingerprint density at radius 1 is 1.05 bits per heavy atom. The Hall–Kier alpha value is -2.62. The molecule has 0 unspecified atom stereocenters. The summed E-state index contributed by atoms with van der Waals surface area (Å²) in [7, 11) is 0. The van der Waals surface area contributed by atoms with E-state index in [2.05, 4.69) is 5.32 Å². The number of hydrogen-bond donors (Lipinski definition) is 4. The minimum absolute atomic E-state index is 0.691. The van der Waals surface area contributed by atoms with Crippen LogP contribution in [0, 0.1) is 6.92 Å². The zero-order valence-corrected chi connectivity index (χ0v) is 11.6. The highest BCUT2D eigenvalue weighted by molar-refractivity contribution is 5.71. The summed E-state index contributed by atoms with van der Waals surface area (Å²) < 4.78 is 0. The van der Waals surface area contributed by atoms with Gasteiger partial charge in [0.25, 0.3) is 0 Å². The topological polar surface area (TPSA) is 90.1 Å². The van der Waals surface area contributed by atoms with Gasteiger partial charge < -0.3 is 22.5 Å². The first-order valence-corrected chi connectivity index (χ1v) is 6.48. The van der Waals surface area contributed by atoms with Crippen LogP contribution in [0.4, 0.5) is 22.7 Å². The van der Waals surface area contributed by atoms with Gasteiger partial charge in [-0.15, -0.1) is 0 Å². The Labute approximate surface area is 119 Å². The second-order valence-electron chi connectivity index (χ2n) is 4.75. The molecular formula is C16H20N4. The summed E-state index contributed by atoms with van der Waals surface area (Å²) in [5.41, 5.74) is 22.7. The van der Waals surface area contributed by atoms with Crippen molar-refractivity contribution in [3.05, 3.63) is 53.6 Å². The van der Waals surface area contributed by atoms with E-state index < -0.39 is 0 Å². The van der Waals surface area contributed by atoms with Crippen molar-refractivity contribution in [1.29, 1.82) is 0 Å². The van der Waals surface area contributed by atoms with Gasteiger partial charge in [-0.3, -0.25) is 0 Å². The molecule has 0 atom stereocenters. The van der Waals surface area contributed by atoms with Gasteiger partial charge in [0, 0.05) is 29.3 Å². The fraction of sp³-hybridized carbons (Fsp3) is 0.125. The van der Waals surface area contributed by atoms with Crippen molar-refractivity contribution in [3.8, 4) is 0 Å². The van der Waals surface area contributed by atoms with Crippen molar-refractivity contribution in [1.82, 2.24) is 0 Å². The molecule has 0 saturated heterocycles. The molecule has 2 aromatic carbocycles. The molecule has 7 N–H and O–H groups in total. The molecule has 4 heteroatoms. The minimum Gasteiger partial charge on any atom is -0.399 e. The third-order valence-corrected chi connectivity index (χ3v) is 3.08. The Bertz CT molecular complexity index is 632. The number of aryl methyl sites for hydroxylation is 1. The molecule has 0 fully saturated rings. The second-order valence-corrected chi connectivity index (χ2v) is 4.75. The standard InChI is InChI=1S/C16H20N4/c1-11-8-16(19)12(9-15(11)18)4-3-7-20-14-6-2-5-13(17)10-14/h2-6,8-10,20H,7,17-19H2,1H3. The summed E-state index contributed by atoms with van der Waals surface area (Å²) in [4.78, 5) is 0. The summed E-state index contributed by atoms with van der Waals surface area (Å²) in [6.07, 6.45) is 3.97. The molecule has 20 heavy (non-hydrogen) atoms. The molecule has 0 heterocycles. The SMILES string of the molecule is Cc1cc(N)c(C=CCNc2cccc(N)c2)cc1N. The average Bonchev–Trinajstić information content (AvgIpc) is 2.40. The van der Waals surface area contributed by atoms with Crippen LogP contribution in [0.2, 0.25) is 0 Å². The van der Waals surface area contributed by atoms with Crippen molar-refractivity contribution < 1.29 is 0 Å². The molecule has 0 aliphatic carbocycles. The van der Waals surface area contributed by atoms with E-state index >= 15 is 0 Å². The van der Waals surface area contributed by atoms with Crippen LogP contribution in [-0.2, 0) is 0 Å². The molecule has 0 aliphatic heterocycles. The lowest BCUT2D eigenvalue weighted by Crippen LogP contribution is -1.99. The Morgan fingerprint density at radius 3 is 2.60 bits per heavy atom. The molecule has 0 amide bonds. The predicted molar refractivity (Wildman–Crippen MR) is 88.4 cm³/mol. The lowest BCUT2D eigenvalue weighted by atomic mass is 10.1. The molecule has 4 nitrogen and oxygen atoms in total. The minimum atomic E-state index is 0.691. The van der Waals surface area contributed by atoms with Gasteiger partial charge in [-0.2, -0.15) is 0 Å². The number of nitrogens with one attached hydrogen (secondary N) is 1. The maximum Gasteiger partial charge on any atom is 0.0391 e. The van der Waals surface area contributed by atoms with Gasteiger partial charge in [-0.05, 0) is 48.4 Å². The van der Waals surface area contributed by atoms with Crippen LogP contribution in [0.5, 0.6) is 0 Å². The van der Waals surface area contributed by atoms with Gasteiger partial charge in [0.2, 0.25) is 0 Å². The van der Waals surface area contributed by atoms with Gasteiger partial charge in [0.05, 0.1) is 0 Å². The molecule has 0 aromatic heterocycles. The van der Waals surface area contributed by atoms with Crippen LogP contribution in [0.25, 0.3) is 6.08 Å². The first kappa shape index (κ1) is 13.8. The van der Waals surface area contributed by atoms with E-state index in [4.69, 9.17) is 17.2 Å². The molecule has 2 aromatic rings. The number of anilines is 4. The Morgan fingerprint density at radius 2 is 1.85 bits per heavy atom. The summed E-state index contributed by atoms with van der Waals surface area (Å²) in [5.74, 6) is 0. The van der Waals surface area contributed by atoms with Gasteiger partial charge in [0.15, 0.2) is 0 Å². The highest BCUT2D eigenvalue weighted by Crippen LogP contribution is 2.21. The third kappa shape index (κ3) is 3.45. The highest BCUT2D eigenvalue weighted by atomic mass is 14.9. The van der Waals surface area contributed by atoms with Crippen LogP contribution in [-0.4, -0.2) is 6.54 Å². The van der Waals surface area contributed by atoms with Gasteiger partial charge in [-0.25, -0.2) is 0 Å². The molecule has 0 radical (unpaired) electrons. The van der Waals surface area contributed by atoms with Crippen LogP contribution < -0.4 is 22.5 Å². The summed E-state index contributed by atoms with van der Waals surface area (Å²) >= 11 is 0. The van der Waals surface area contributed by atoms with Crippen molar-refractivity contribution in [2.75, 3.05) is 29.1 Å². The number of hydrogen-bond acceptors (Lipinski definition) is 4. The van der Waals surface area contributed by atoms with Crippen LogP contribution in [0.1, 0.15) is 11.1 Å². The Balaban J connectivity index is 1.99. The van der Waals surface area contributed by atoms with Gasteiger partial charge in [-0.1, -0.05) is 18.2 Å². The van der Waals surface area contributed by atoms with E-state index in [0.29, 0.717) is 6.54 Å². The van der Waals surface area contributed by atoms with Crippen molar-refractivity contribution in [2.45, 2.75) is 6.92 Å². The smallest absolute Gasteiger partial charge is 0.0391 e. The van der Waals surface area contributed by atoms with Crippen molar-refractivity contribution >= 4 is 28.8 Å². The van der Waals surface area contributed by atoms with Crippen LogP contribution >= 0.6 is 0 Å². The number of nitrogens with two attached hydrogens (primary N) is 3. The molecule has 104 valence electrons. The fourth-order valence-corrected chi connectivity index (χ4v) is 1.92. The summed E-state index contributed by atoms with van der Waals surface area (Å²) in [6.45, 7) is 2.64. The average molecular weight is 268 g/mol. The van der Waals surface area contributed by atoms with E-state index in [1.54, 1.807) is 0 Å². The first-order valence-electron chi connectivity index (χ1n) is 6.48. The zero-order chi connectivity index (χ0) is 14.5. The third-order valence-electron chi connectivity index (χ3n) is 3.08. The maximum absolute atomic E-state index is 5.96. The summed E-state index contributed by atoms with van der Waals surface area (Å²) in [6, 6.07) is 11.4. The van der Waals surface area contributed by atoms with Crippen LogP contribution in [0.15, 0.2) is 42.5 Å². The number of rotatable bonds is 4. The number of nitrogen functional groups attached to an aromatic ring is 3. The van der Waals surface area contributed by atoms with Gasteiger partial charge in [0.1, 0.15) is 0 Å². The van der Waals surface area contributed by atoms with Gasteiger partial charge >= 0.3 is 0 Å². The highest BCUT2D eigenvalue weighted by Gasteiger charge is 1.99. The Kier molecular flexibility index (Phi) is 4.15. The number of benzene rings is 2. The molecule has 0 spiro atoms. The molecule has 0 saturated carbocycles. The quantitative estimate of drug-likeness (QED) is 0.642. The second kappa shape index (κ2) is 6.02. The lowest BCUT2D eigenvalue weighted by Gasteiger charge is -2.06. The van der Waals surface area contributed by atoms with E-state index in [0.717, 1.165) is 33.9 Å². The largest absolute Gasteiger partial charge is 0.399 e. The molecular weight excluding hydrogens is 248 g/mol. The van der Waals surface area contributed by atoms with Crippen LogP contribution in [0.3, 0.4) is 0 Å². The van der Waals surface area contributed by atoms with E-state index in [1.165, 1.54) is 0 Å². The molecule has 2 rings (SSSR count). The molecule has 0 bridgehead atoms. The van der Waals surface area contributed by atoms with E-state index in [1.807, 2.05) is 55.5 Å². The fourth-order valence-electron chi connectivity index (χ4n) is 1.92. The van der Waals surface area contributed by atoms with E-state index in [-0.39, 0.29) is 0 Å². The zero-order valence-electron chi connectivity index (χ0n) is 11.6.